The fourth-order valence-electron chi connectivity index (χ4n) is 5.93. The topological polar surface area (TPSA) is 93.7 Å². The van der Waals surface area contributed by atoms with Crippen molar-refractivity contribution in [2.45, 2.75) is 57.0 Å². The molecule has 4 rings (SSSR count). The molecule has 0 bridgehead atoms. The zero-order valence-electron chi connectivity index (χ0n) is 22.9. The van der Waals surface area contributed by atoms with Crippen LogP contribution in [0.4, 0.5) is 4.79 Å². The number of amides is 2. The Balaban J connectivity index is 1.60. The summed E-state index contributed by atoms with van der Waals surface area (Å²) in [5.41, 5.74) is -0.718. The smallest absolute Gasteiger partial charge is 0.410 e. The van der Waals surface area contributed by atoms with E-state index in [0.29, 0.717) is 6.54 Å². The molecule has 11 heteroatoms. The maximum absolute atomic E-state index is 13.5. The Morgan fingerprint density at radius 1 is 1.11 bits per heavy atom. The van der Waals surface area contributed by atoms with Gasteiger partial charge in [0.15, 0.2) is 0 Å². The summed E-state index contributed by atoms with van der Waals surface area (Å²) in [7, 11) is -0.00417. The zero-order valence-corrected chi connectivity index (χ0v) is 23.8. The lowest BCUT2D eigenvalue weighted by atomic mass is 9.86. The Kier molecular flexibility index (Phi) is 7.39. The van der Waals surface area contributed by atoms with E-state index in [1.807, 2.05) is 30.1 Å². The van der Waals surface area contributed by atoms with Gasteiger partial charge < -0.3 is 9.64 Å². The van der Waals surface area contributed by atoms with Gasteiger partial charge in [0, 0.05) is 38.8 Å². The molecule has 0 saturated carbocycles. The second kappa shape index (κ2) is 9.83. The third-order valence-corrected chi connectivity index (χ3v) is 9.35. The van der Waals surface area contributed by atoms with E-state index in [1.165, 1.54) is 21.8 Å². The number of ether oxygens (including phenoxy) is 1. The molecule has 0 aliphatic carbocycles. The molecule has 1 atom stereocenters. The van der Waals surface area contributed by atoms with E-state index >= 15 is 0 Å². The van der Waals surface area contributed by atoms with E-state index in [2.05, 4.69) is 21.9 Å². The lowest BCUT2D eigenvalue weighted by Crippen LogP contribution is -2.72. The minimum Gasteiger partial charge on any atom is -0.444 e. The molecule has 10 nitrogen and oxygen atoms in total. The molecular weight excluding hydrogens is 494 g/mol. The number of piperidine rings is 1. The van der Waals surface area contributed by atoms with Gasteiger partial charge >= 0.3 is 6.09 Å². The van der Waals surface area contributed by atoms with E-state index < -0.39 is 27.4 Å². The molecule has 37 heavy (non-hydrogen) atoms. The van der Waals surface area contributed by atoms with Gasteiger partial charge in [0.1, 0.15) is 17.8 Å². The van der Waals surface area contributed by atoms with Gasteiger partial charge in [0.2, 0.25) is 15.9 Å². The van der Waals surface area contributed by atoms with Crippen LogP contribution >= 0.6 is 0 Å². The van der Waals surface area contributed by atoms with Crippen molar-refractivity contribution in [1.82, 2.24) is 23.9 Å². The number of carbonyl (C=O) groups is 2. The number of carbonyl (C=O) groups excluding carboxylic acids is 2. The van der Waals surface area contributed by atoms with Crippen molar-refractivity contribution in [3.05, 3.63) is 35.9 Å². The van der Waals surface area contributed by atoms with Crippen molar-refractivity contribution in [2.75, 3.05) is 59.6 Å². The van der Waals surface area contributed by atoms with Crippen LogP contribution in [-0.2, 0) is 26.1 Å². The lowest BCUT2D eigenvalue weighted by Gasteiger charge is -2.52. The molecule has 0 N–H and O–H groups in total. The van der Waals surface area contributed by atoms with Gasteiger partial charge in [-0.3, -0.25) is 19.5 Å². The lowest BCUT2D eigenvalue weighted by molar-refractivity contribution is -0.151. The van der Waals surface area contributed by atoms with Crippen molar-refractivity contribution in [1.29, 1.82) is 0 Å². The molecule has 3 saturated heterocycles. The Bertz CT molecular complexity index is 1110. The highest BCUT2D eigenvalue weighted by Crippen LogP contribution is 2.45. The first-order valence-corrected chi connectivity index (χ1v) is 14.7. The fraction of sp³-hybridized carbons (Fsp3) is 0.692. The molecule has 1 spiro atoms. The van der Waals surface area contributed by atoms with Gasteiger partial charge in [0.25, 0.3) is 0 Å². The highest BCUT2D eigenvalue weighted by atomic mass is 32.2. The van der Waals surface area contributed by atoms with Crippen LogP contribution < -0.4 is 0 Å². The third-order valence-electron chi connectivity index (χ3n) is 8.09. The molecule has 3 fully saturated rings. The van der Waals surface area contributed by atoms with Crippen LogP contribution in [0, 0.1) is 0 Å². The summed E-state index contributed by atoms with van der Waals surface area (Å²) in [6, 6.07) is 10.4. The first-order chi connectivity index (χ1) is 17.2. The Morgan fingerprint density at radius 3 is 2.30 bits per heavy atom. The Labute approximate surface area is 221 Å². The molecule has 206 valence electrons. The van der Waals surface area contributed by atoms with E-state index in [1.54, 1.807) is 20.8 Å². The molecule has 1 unspecified atom stereocenters. The minimum atomic E-state index is -3.51. The molecule has 3 aliphatic heterocycles. The predicted molar refractivity (Wildman–Crippen MR) is 141 cm³/mol. The second-order valence-electron chi connectivity index (χ2n) is 11.9. The van der Waals surface area contributed by atoms with Crippen LogP contribution in [0.5, 0.6) is 0 Å². The fourth-order valence-corrected chi connectivity index (χ4v) is 6.37. The molecule has 1 aromatic carbocycles. The number of likely N-dealkylation sites (tertiary alicyclic amines) is 1. The van der Waals surface area contributed by atoms with Crippen LogP contribution in [0.1, 0.15) is 39.2 Å². The SMILES string of the molecule is CN1C2(CCN(Cc3ccccc3)CC2)CN2C(=O)CN(C(=O)OC(C)(C)C)CC21CN(C)S(C)(=O)=O. The van der Waals surface area contributed by atoms with Gasteiger partial charge in [-0.2, -0.15) is 0 Å². The summed E-state index contributed by atoms with van der Waals surface area (Å²) in [5, 5.41) is 0. The molecule has 3 heterocycles. The number of piperazine rings is 1. The van der Waals surface area contributed by atoms with Crippen LogP contribution in [0.15, 0.2) is 30.3 Å². The zero-order chi connectivity index (χ0) is 27.2. The summed E-state index contributed by atoms with van der Waals surface area (Å²) in [6.07, 6.45) is 2.29. The molecular formula is C26H41N5O5S. The average Bonchev–Trinajstić information content (AvgIpc) is 3.03. The van der Waals surface area contributed by atoms with Gasteiger partial charge in [-0.25, -0.2) is 17.5 Å². The second-order valence-corrected chi connectivity index (χ2v) is 14.0. The van der Waals surface area contributed by atoms with E-state index in [9.17, 15) is 18.0 Å². The largest absolute Gasteiger partial charge is 0.444 e. The first kappa shape index (κ1) is 27.8. The monoisotopic (exact) mass is 535 g/mol. The highest BCUT2D eigenvalue weighted by Gasteiger charge is 2.63. The summed E-state index contributed by atoms with van der Waals surface area (Å²) >= 11 is 0. The maximum Gasteiger partial charge on any atom is 0.410 e. The van der Waals surface area contributed by atoms with Crippen LogP contribution in [0.3, 0.4) is 0 Å². The average molecular weight is 536 g/mol. The van der Waals surface area contributed by atoms with Gasteiger partial charge in [-0.1, -0.05) is 30.3 Å². The van der Waals surface area contributed by atoms with Crippen LogP contribution in [-0.4, -0.2) is 121 Å². The standard InChI is InChI=1S/C26H41N5O5S/c1-24(2,3)36-23(33)30-17-22(32)31-18-25(28(5)26(31,20-30)19-27(4)37(6,34)35)12-14-29(15-13-25)16-21-10-8-7-9-11-21/h7-11H,12-20H2,1-6H3. The summed E-state index contributed by atoms with van der Waals surface area (Å²) in [6.45, 7) is 8.66. The summed E-state index contributed by atoms with van der Waals surface area (Å²) in [5.74, 6) is -0.186. The van der Waals surface area contributed by atoms with Crippen molar-refractivity contribution >= 4 is 22.0 Å². The Morgan fingerprint density at radius 2 is 1.73 bits per heavy atom. The normalized spacial score (nSPS) is 25.1. The van der Waals surface area contributed by atoms with Gasteiger partial charge in [0.05, 0.1) is 19.3 Å². The van der Waals surface area contributed by atoms with Gasteiger partial charge in [-0.15, -0.1) is 0 Å². The van der Waals surface area contributed by atoms with E-state index in [4.69, 9.17) is 4.74 Å². The Hall–Kier alpha value is -2.21. The number of hydrogen-bond acceptors (Lipinski definition) is 7. The molecule has 1 aromatic rings. The minimum absolute atomic E-state index is 0.0723. The van der Waals surface area contributed by atoms with Crippen molar-refractivity contribution in [3.63, 3.8) is 0 Å². The third kappa shape index (κ3) is 5.64. The van der Waals surface area contributed by atoms with E-state index in [0.717, 1.165) is 38.7 Å². The summed E-state index contributed by atoms with van der Waals surface area (Å²) < 4.78 is 31.8. The van der Waals surface area contributed by atoms with Crippen LogP contribution in [0.25, 0.3) is 0 Å². The van der Waals surface area contributed by atoms with Crippen molar-refractivity contribution in [2.24, 2.45) is 0 Å². The molecule has 2 amide bonds. The van der Waals surface area contributed by atoms with Gasteiger partial charge in [-0.05, 0) is 46.2 Å². The highest BCUT2D eigenvalue weighted by molar-refractivity contribution is 7.88. The number of rotatable bonds is 5. The van der Waals surface area contributed by atoms with E-state index in [-0.39, 0.29) is 31.1 Å². The van der Waals surface area contributed by atoms with Crippen LogP contribution in [0.2, 0.25) is 0 Å². The number of hydrogen-bond donors (Lipinski definition) is 0. The first-order valence-electron chi connectivity index (χ1n) is 12.9. The molecule has 0 radical (unpaired) electrons. The number of fused-ring (bicyclic) bond motifs is 1. The predicted octanol–water partition coefficient (Wildman–Crippen LogP) is 1.63. The molecule has 0 aromatic heterocycles. The maximum atomic E-state index is 13.5. The molecule has 3 aliphatic rings. The number of nitrogens with zero attached hydrogens (tertiary/aromatic N) is 5. The number of benzene rings is 1. The number of likely N-dealkylation sites (N-methyl/N-ethyl adjacent to an activating group) is 2. The van der Waals surface area contributed by atoms with Crippen molar-refractivity contribution < 1.29 is 22.7 Å². The summed E-state index contributed by atoms with van der Waals surface area (Å²) in [4.78, 5) is 34.5. The quantitative estimate of drug-likeness (QED) is 0.566. The number of sulfonamides is 1. The van der Waals surface area contributed by atoms with Crippen molar-refractivity contribution in [3.8, 4) is 0 Å².